The molecule has 0 saturated carbocycles. The van der Waals surface area contributed by atoms with Crippen LogP contribution >= 0.6 is 0 Å². The highest BCUT2D eigenvalue weighted by atomic mass is 16.6. The molecule has 0 aromatic heterocycles. The molecule has 0 radical (unpaired) electrons. The zero-order chi connectivity index (χ0) is 19.6. The average Bonchev–Trinajstić information content (AvgIpc) is 2.60. The van der Waals surface area contributed by atoms with E-state index < -0.39 is 22.1 Å². The minimum Gasteiger partial charge on any atom is -0.480 e. The van der Waals surface area contributed by atoms with Crippen molar-refractivity contribution in [3.8, 4) is 0 Å². The molecule has 0 amide bonds. The lowest BCUT2D eigenvalue weighted by Gasteiger charge is -2.25. The number of aliphatic carboxylic acids is 1. The Hall–Kier alpha value is -2.64. The van der Waals surface area contributed by atoms with E-state index in [1.165, 1.54) is 18.6 Å². The first-order valence-corrected chi connectivity index (χ1v) is 8.73. The molecule has 26 heavy (non-hydrogen) atoms. The predicted molar refractivity (Wildman–Crippen MR) is 98.0 cm³/mol. The number of benzene rings is 1. The van der Waals surface area contributed by atoms with Crippen LogP contribution in [-0.2, 0) is 10.3 Å². The molecule has 1 unspecified atom stereocenters. The van der Waals surface area contributed by atoms with Crippen LogP contribution in [0.5, 0.6) is 0 Å². The van der Waals surface area contributed by atoms with Crippen molar-refractivity contribution in [1.82, 2.24) is 0 Å². The summed E-state index contributed by atoms with van der Waals surface area (Å²) in [7, 11) is 0. The normalized spacial score (nSPS) is 12.8. The second kappa shape index (κ2) is 10.4. The van der Waals surface area contributed by atoms with Crippen molar-refractivity contribution in [1.29, 1.82) is 0 Å². The Kier molecular flexibility index (Phi) is 8.54. The summed E-state index contributed by atoms with van der Waals surface area (Å²) in [6, 6.07) is 3.64. The molecule has 0 saturated heterocycles. The Balaban J connectivity index is 2.95. The third-order valence-corrected chi connectivity index (χ3v) is 4.38. The Morgan fingerprint density at radius 1 is 1.31 bits per heavy atom. The van der Waals surface area contributed by atoms with Crippen molar-refractivity contribution in [3.63, 3.8) is 0 Å². The Morgan fingerprint density at radius 2 is 1.92 bits per heavy atom. The molecule has 1 rings (SSSR count). The van der Waals surface area contributed by atoms with Gasteiger partial charge in [-0.05, 0) is 18.0 Å². The Bertz CT molecular complexity index is 688. The van der Waals surface area contributed by atoms with E-state index >= 15 is 0 Å². The standard InChI is InChI=1S/C17H25N5O4/c1-2-3-4-5-6-7-8-11-17(18,16(23)24)14-10-9-13(20-21-19)12-15(14)22(25)26/h9-10,12H,2-8,11,18H2,1H3,(H,23,24). The van der Waals surface area contributed by atoms with Gasteiger partial charge in [0, 0.05) is 16.7 Å². The molecule has 0 fully saturated rings. The van der Waals surface area contributed by atoms with Crippen LogP contribution in [0.25, 0.3) is 10.4 Å². The Morgan fingerprint density at radius 3 is 2.46 bits per heavy atom. The molecular weight excluding hydrogens is 338 g/mol. The highest BCUT2D eigenvalue weighted by molar-refractivity contribution is 5.82. The fourth-order valence-corrected chi connectivity index (χ4v) is 2.88. The van der Waals surface area contributed by atoms with Crippen LogP contribution in [0.3, 0.4) is 0 Å². The molecule has 0 aliphatic rings. The topological polar surface area (TPSA) is 155 Å². The lowest BCUT2D eigenvalue weighted by atomic mass is 9.84. The lowest BCUT2D eigenvalue weighted by Crippen LogP contribution is -2.45. The SMILES string of the molecule is CCCCCCCCCC(N)(C(=O)O)c1ccc(N=[N+]=[N-])cc1[N+](=O)[O-]. The average molecular weight is 363 g/mol. The molecule has 1 aromatic rings. The molecule has 0 heterocycles. The van der Waals surface area contributed by atoms with E-state index in [9.17, 15) is 20.0 Å². The van der Waals surface area contributed by atoms with Gasteiger partial charge in [0.05, 0.1) is 10.5 Å². The van der Waals surface area contributed by atoms with Crippen molar-refractivity contribution in [3.05, 3.63) is 44.3 Å². The quantitative estimate of drug-likeness (QED) is 0.135. The summed E-state index contributed by atoms with van der Waals surface area (Å²) in [4.78, 5) is 25.0. The number of hydrogen-bond donors (Lipinski definition) is 2. The number of nitrogens with two attached hydrogens (primary N) is 1. The van der Waals surface area contributed by atoms with Gasteiger partial charge in [0.15, 0.2) is 0 Å². The first-order valence-electron chi connectivity index (χ1n) is 8.73. The first-order chi connectivity index (χ1) is 12.4. The smallest absolute Gasteiger partial charge is 0.328 e. The van der Waals surface area contributed by atoms with Gasteiger partial charge in [-0.1, -0.05) is 63.1 Å². The second-order valence-electron chi connectivity index (χ2n) is 6.30. The number of carbonyl (C=O) groups is 1. The van der Waals surface area contributed by atoms with E-state index in [0.29, 0.717) is 6.42 Å². The van der Waals surface area contributed by atoms with E-state index in [0.717, 1.165) is 38.2 Å². The fraction of sp³-hybridized carbons (Fsp3) is 0.588. The van der Waals surface area contributed by atoms with Crippen molar-refractivity contribution in [2.45, 2.75) is 63.8 Å². The number of hydrogen-bond acceptors (Lipinski definition) is 5. The highest BCUT2D eigenvalue weighted by Gasteiger charge is 2.40. The monoisotopic (exact) mass is 363 g/mol. The number of azide groups is 1. The molecule has 0 spiro atoms. The van der Waals surface area contributed by atoms with Gasteiger partial charge >= 0.3 is 5.97 Å². The largest absolute Gasteiger partial charge is 0.480 e. The van der Waals surface area contributed by atoms with Crippen LogP contribution in [0.4, 0.5) is 11.4 Å². The summed E-state index contributed by atoms with van der Waals surface area (Å²) in [5.41, 5.74) is 12.2. The summed E-state index contributed by atoms with van der Waals surface area (Å²) >= 11 is 0. The van der Waals surface area contributed by atoms with Gasteiger partial charge in [0.2, 0.25) is 0 Å². The van der Waals surface area contributed by atoms with E-state index in [4.69, 9.17) is 11.3 Å². The van der Waals surface area contributed by atoms with Gasteiger partial charge in [-0.25, -0.2) is 4.79 Å². The van der Waals surface area contributed by atoms with Crippen molar-refractivity contribution in [2.75, 3.05) is 0 Å². The maximum Gasteiger partial charge on any atom is 0.328 e. The molecule has 142 valence electrons. The highest BCUT2D eigenvalue weighted by Crippen LogP contribution is 2.35. The number of rotatable bonds is 12. The number of carboxylic acids is 1. The van der Waals surface area contributed by atoms with Crippen LogP contribution < -0.4 is 5.73 Å². The van der Waals surface area contributed by atoms with Crippen molar-refractivity contribution in [2.24, 2.45) is 10.8 Å². The predicted octanol–water partition coefficient (Wildman–Crippen LogP) is 4.92. The lowest BCUT2D eigenvalue weighted by molar-refractivity contribution is -0.386. The van der Waals surface area contributed by atoms with Gasteiger partial charge in [-0.3, -0.25) is 10.1 Å². The maximum atomic E-state index is 11.8. The minimum atomic E-state index is -1.86. The van der Waals surface area contributed by atoms with Crippen LogP contribution in [-0.4, -0.2) is 16.0 Å². The molecule has 9 heteroatoms. The molecule has 0 aliphatic heterocycles. The molecule has 1 aromatic carbocycles. The summed E-state index contributed by atoms with van der Waals surface area (Å²) < 4.78 is 0. The summed E-state index contributed by atoms with van der Waals surface area (Å²) in [5.74, 6) is -1.32. The van der Waals surface area contributed by atoms with Gasteiger partial charge in [-0.2, -0.15) is 0 Å². The molecule has 0 aliphatic carbocycles. The van der Waals surface area contributed by atoms with Crippen LogP contribution in [0.2, 0.25) is 0 Å². The fourth-order valence-electron chi connectivity index (χ4n) is 2.88. The van der Waals surface area contributed by atoms with E-state index in [1.807, 2.05) is 0 Å². The number of nitrogens with zero attached hydrogens (tertiary/aromatic N) is 4. The van der Waals surface area contributed by atoms with Gasteiger partial charge in [0.1, 0.15) is 5.54 Å². The summed E-state index contributed by atoms with van der Waals surface area (Å²) in [6.07, 6.45) is 7.02. The second-order valence-corrected chi connectivity index (χ2v) is 6.30. The summed E-state index contributed by atoms with van der Waals surface area (Å²) in [6.45, 7) is 2.13. The number of carboxylic acid groups (broad SMARTS) is 1. The van der Waals surface area contributed by atoms with E-state index in [1.54, 1.807) is 0 Å². The number of nitro benzene ring substituents is 1. The summed E-state index contributed by atoms with van der Waals surface area (Å²) in [5, 5.41) is 24.3. The maximum absolute atomic E-state index is 11.8. The zero-order valence-electron chi connectivity index (χ0n) is 14.9. The molecule has 1 atom stereocenters. The molecule has 0 bridgehead atoms. The third kappa shape index (κ3) is 5.72. The van der Waals surface area contributed by atoms with Crippen molar-refractivity contribution < 1.29 is 14.8 Å². The van der Waals surface area contributed by atoms with Gasteiger partial charge < -0.3 is 10.8 Å². The molecule has 9 nitrogen and oxygen atoms in total. The molecule has 3 N–H and O–H groups in total. The van der Waals surface area contributed by atoms with E-state index in [-0.39, 0.29) is 17.7 Å². The van der Waals surface area contributed by atoms with Crippen LogP contribution in [0, 0.1) is 10.1 Å². The van der Waals surface area contributed by atoms with E-state index in [2.05, 4.69) is 16.9 Å². The Labute approximate surface area is 152 Å². The van der Waals surface area contributed by atoms with Crippen molar-refractivity contribution >= 4 is 17.3 Å². The van der Waals surface area contributed by atoms with Gasteiger partial charge in [0.25, 0.3) is 5.69 Å². The van der Waals surface area contributed by atoms with Gasteiger partial charge in [-0.15, -0.1) is 0 Å². The third-order valence-electron chi connectivity index (χ3n) is 4.38. The molecular formula is C17H25N5O4. The number of unbranched alkanes of at least 4 members (excludes halogenated alkanes) is 6. The van der Waals surface area contributed by atoms with Crippen LogP contribution in [0.15, 0.2) is 23.3 Å². The number of nitro groups is 1. The van der Waals surface area contributed by atoms with Crippen LogP contribution in [0.1, 0.15) is 63.9 Å². The minimum absolute atomic E-state index is 0.0339. The zero-order valence-corrected chi connectivity index (χ0v) is 14.9. The first kappa shape index (κ1) is 21.4.